The summed E-state index contributed by atoms with van der Waals surface area (Å²) in [6.07, 6.45) is 1.91. The topological polar surface area (TPSA) is 74.4 Å². The van der Waals surface area contributed by atoms with Crippen molar-refractivity contribution in [1.82, 2.24) is 9.88 Å². The van der Waals surface area contributed by atoms with Gasteiger partial charge < -0.3 is 19.9 Å². The molecule has 0 aliphatic carbocycles. The van der Waals surface area contributed by atoms with Crippen molar-refractivity contribution in [1.29, 1.82) is 0 Å². The van der Waals surface area contributed by atoms with Gasteiger partial charge in [0.15, 0.2) is 0 Å². The predicted molar refractivity (Wildman–Crippen MR) is 119 cm³/mol. The van der Waals surface area contributed by atoms with Crippen LogP contribution in [0.25, 0.3) is 10.9 Å². The van der Waals surface area contributed by atoms with E-state index < -0.39 is 0 Å². The van der Waals surface area contributed by atoms with Crippen LogP contribution in [-0.4, -0.2) is 35.2 Å². The van der Waals surface area contributed by atoms with Gasteiger partial charge in [0.1, 0.15) is 0 Å². The molecule has 2 amide bonds. The lowest BCUT2D eigenvalue weighted by molar-refractivity contribution is 0.0818. The Morgan fingerprint density at radius 3 is 2.73 bits per heavy atom. The first-order valence-electron chi connectivity index (χ1n) is 10.4. The number of H-pyrrole nitrogens is 1. The van der Waals surface area contributed by atoms with Gasteiger partial charge in [0.2, 0.25) is 0 Å². The fourth-order valence-corrected chi connectivity index (χ4v) is 4.03. The summed E-state index contributed by atoms with van der Waals surface area (Å²) in [6, 6.07) is 15.1. The molecule has 30 heavy (non-hydrogen) atoms. The first-order chi connectivity index (χ1) is 14.5. The number of aromatic nitrogens is 1. The highest BCUT2D eigenvalue weighted by Gasteiger charge is 2.24. The van der Waals surface area contributed by atoms with Crippen molar-refractivity contribution in [2.45, 2.75) is 39.3 Å². The Kier molecular flexibility index (Phi) is 5.86. The molecule has 0 bridgehead atoms. The molecule has 1 aromatic heterocycles. The first kappa shape index (κ1) is 20.2. The van der Waals surface area contributed by atoms with Crippen molar-refractivity contribution in [3.63, 3.8) is 0 Å². The number of benzene rings is 2. The Hall–Kier alpha value is -3.12. The molecule has 1 saturated heterocycles. The number of urea groups is 1. The summed E-state index contributed by atoms with van der Waals surface area (Å²) in [4.78, 5) is 30.5. The molecule has 4 rings (SSSR count). The molecular weight excluding hydrogens is 378 g/mol. The number of nitrogens with zero attached hydrogens (tertiary/aromatic N) is 1. The van der Waals surface area contributed by atoms with Gasteiger partial charge in [-0.1, -0.05) is 29.8 Å². The zero-order valence-electron chi connectivity index (χ0n) is 17.4. The molecule has 2 N–H and O–H groups in total. The Bertz CT molecular complexity index is 1100. The summed E-state index contributed by atoms with van der Waals surface area (Å²) >= 11 is 0. The van der Waals surface area contributed by atoms with Gasteiger partial charge in [0, 0.05) is 24.4 Å². The number of aromatic amines is 1. The zero-order valence-corrected chi connectivity index (χ0v) is 17.4. The molecule has 2 heterocycles. The van der Waals surface area contributed by atoms with Gasteiger partial charge in [-0.15, -0.1) is 0 Å². The van der Waals surface area contributed by atoms with E-state index in [0.29, 0.717) is 18.7 Å². The van der Waals surface area contributed by atoms with Crippen molar-refractivity contribution >= 4 is 22.6 Å². The van der Waals surface area contributed by atoms with Crippen LogP contribution in [0.2, 0.25) is 0 Å². The molecular formula is C24H27N3O3. The molecule has 2 aromatic carbocycles. The number of rotatable bonds is 5. The van der Waals surface area contributed by atoms with Crippen LogP contribution in [0, 0.1) is 13.8 Å². The third kappa shape index (κ3) is 4.54. The van der Waals surface area contributed by atoms with E-state index in [1.54, 1.807) is 4.90 Å². The number of ether oxygens (including phenoxy) is 1. The van der Waals surface area contributed by atoms with Crippen molar-refractivity contribution in [3.05, 3.63) is 75.6 Å². The minimum atomic E-state index is -0.239. The quantitative estimate of drug-likeness (QED) is 0.662. The predicted octanol–water partition coefficient (Wildman–Crippen LogP) is 4.36. The number of aryl methyl sites for hydroxylation is 2. The van der Waals surface area contributed by atoms with E-state index >= 15 is 0 Å². The number of fused-ring (bicyclic) bond motifs is 1. The van der Waals surface area contributed by atoms with Crippen LogP contribution in [0.15, 0.2) is 53.3 Å². The Balaban J connectivity index is 1.62. The summed E-state index contributed by atoms with van der Waals surface area (Å²) in [7, 11) is 0. The van der Waals surface area contributed by atoms with E-state index in [4.69, 9.17) is 4.74 Å². The fourth-order valence-electron chi connectivity index (χ4n) is 4.03. The molecule has 1 atom stereocenters. The van der Waals surface area contributed by atoms with Gasteiger partial charge in [0.25, 0.3) is 5.56 Å². The summed E-state index contributed by atoms with van der Waals surface area (Å²) in [5.41, 5.74) is 4.13. The molecule has 0 radical (unpaired) electrons. The van der Waals surface area contributed by atoms with Crippen LogP contribution in [0.4, 0.5) is 10.5 Å². The van der Waals surface area contributed by atoms with Crippen LogP contribution < -0.4 is 10.9 Å². The number of nitrogens with one attached hydrogen (secondary N) is 2. The number of carbonyl (C=O) groups excluding carboxylic acids is 1. The summed E-state index contributed by atoms with van der Waals surface area (Å²) in [6.45, 7) is 5.41. The third-order valence-corrected chi connectivity index (χ3v) is 5.49. The third-order valence-electron chi connectivity index (χ3n) is 5.49. The molecule has 1 fully saturated rings. The van der Waals surface area contributed by atoms with Crippen molar-refractivity contribution in [3.8, 4) is 0 Å². The van der Waals surface area contributed by atoms with Gasteiger partial charge in [-0.3, -0.25) is 4.79 Å². The van der Waals surface area contributed by atoms with Gasteiger partial charge in [-0.2, -0.15) is 0 Å². The van der Waals surface area contributed by atoms with Crippen LogP contribution in [0.1, 0.15) is 29.5 Å². The van der Waals surface area contributed by atoms with Gasteiger partial charge in [-0.05, 0) is 61.9 Å². The summed E-state index contributed by atoms with van der Waals surface area (Å²) in [5, 5.41) is 3.90. The molecule has 156 valence electrons. The molecule has 1 aliphatic heterocycles. The Labute approximate surface area is 175 Å². The first-order valence-corrected chi connectivity index (χ1v) is 10.4. The van der Waals surface area contributed by atoms with Crippen molar-refractivity contribution < 1.29 is 9.53 Å². The summed E-state index contributed by atoms with van der Waals surface area (Å²) in [5.74, 6) is 0. The standard InChI is InChI=1S/C24H27N3O3/c1-16-11-17(2)22-18(12-16)13-19(23(28)26-22)14-27(15-21-9-6-10-30-21)24(29)25-20-7-4-3-5-8-20/h3-5,7-8,11-13,21H,6,9-10,14-15H2,1-2H3,(H,25,29)(H,26,28)/t21-/m0/s1. The molecule has 1 aliphatic rings. The van der Waals surface area contributed by atoms with Crippen LogP contribution in [-0.2, 0) is 11.3 Å². The molecule has 6 heteroatoms. The summed E-state index contributed by atoms with van der Waals surface area (Å²) < 4.78 is 5.75. The second-order valence-corrected chi connectivity index (χ2v) is 7.98. The van der Waals surface area contributed by atoms with Gasteiger partial charge >= 0.3 is 6.03 Å². The van der Waals surface area contributed by atoms with Crippen LogP contribution in [0.5, 0.6) is 0 Å². The molecule has 0 spiro atoms. The highest BCUT2D eigenvalue weighted by Crippen LogP contribution is 2.20. The molecule has 3 aromatic rings. The number of amides is 2. The highest BCUT2D eigenvalue weighted by molar-refractivity contribution is 5.89. The second kappa shape index (κ2) is 8.71. The van der Waals surface area contributed by atoms with Gasteiger partial charge in [0.05, 0.1) is 18.2 Å². The number of hydrogen-bond donors (Lipinski definition) is 2. The minimum absolute atomic E-state index is 0.00412. The van der Waals surface area contributed by atoms with E-state index in [2.05, 4.69) is 22.4 Å². The average Bonchev–Trinajstić information content (AvgIpc) is 3.22. The maximum absolute atomic E-state index is 13.0. The minimum Gasteiger partial charge on any atom is -0.376 e. The monoisotopic (exact) mass is 405 g/mol. The zero-order chi connectivity index (χ0) is 21.1. The largest absolute Gasteiger partial charge is 0.376 e. The van der Waals surface area contributed by atoms with E-state index in [0.717, 1.165) is 40.6 Å². The lowest BCUT2D eigenvalue weighted by Crippen LogP contribution is -2.40. The van der Waals surface area contributed by atoms with Crippen LogP contribution >= 0.6 is 0 Å². The number of hydrogen-bond acceptors (Lipinski definition) is 3. The second-order valence-electron chi connectivity index (χ2n) is 7.98. The maximum atomic E-state index is 13.0. The smallest absolute Gasteiger partial charge is 0.322 e. The van der Waals surface area contributed by atoms with E-state index in [9.17, 15) is 9.59 Å². The SMILES string of the molecule is Cc1cc(C)c2[nH]c(=O)c(CN(C[C@@H]3CCCO3)C(=O)Nc3ccccc3)cc2c1. The molecule has 6 nitrogen and oxygen atoms in total. The maximum Gasteiger partial charge on any atom is 0.322 e. The van der Waals surface area contributed by atoms with Crippen molar-refractivity contribution in [2.24, 2.45) is 0 Å². The number of para-hydroxylation sites is 1. The molecule has 0 saturated carbocycles. The highest BCUT2D eigenvalue weighted by atomic mass is 16.5. The number of carbonyl (C=O) groups is 1. The lowest BCUT2D eigenvalue weighted by atomic mass is 10.1. The number of anilines is 1. The van der Waals surface area contributed by atoms with E-state index in [1.165, 1.54) is 0 Å². The Morgan fingerprint density at radius 1 is 1.20 bits per heavy atom. The Morgan fingerprint density at radius 2 is 2.00 bits per heavy atom. The molecule has 0 unspecified atom stereocenters. The van der Waals surface area contributed by atoms with E-state index in [1.807, 2.05) is 50.2 Å². The fraction of sp³-hybridized carbons (Fsp3) is 0.333. The average molecular weight is 405 g/mol. The number of pyridine rings is 1. The van der Waals surface area contributed by atoms with Crippen LogP contribution in [0.3, 0.4) is 0 Å². The van der Waals surface area contributed by atoms with Gasteiger partial charge in [-0.25, -0.2) is 4.79 Å². The van der Waals surface area contributed by atoms with Crippen molar-refractivity contribution in [2.75, 3.05) is 18.5 Å². The van der Waals surface area contributed by atoms with E-state index in [-0.39, 0.29) is 24.2 Å². The normalized spacial score (nSPS) is 16.0. The lowest BCUT2D eigenvalue weighted by Gasteiger charge is -2.26.